The first-order valence-electron chi connectivity index (χ1n) is 8.71. The third-order valence-electron chi connectivity index (χ3n) is 3.41. The van der Waals surface area contributed by atoms with Gasteiger partial charge < -0.3 is 31.9 Å². The number of anilines is 2. The number of carbonyl (C=O) groups is 3. The summed E-state index contributed by atoms with van der Waals surface area (Å²) < 4.78 is 0. The van der Waals surface area contributed by atoms with Gasteiger partial charge in [0.15, 0.2) is 5.13 Å². The second-order valence-corrected chi connectivity index (χ2v) is 6.90. The molecule has 0 aliphatic heterocycles. The minimum atomic E-state index is -1.33. The highest BCUT2D eigenvalue weighted by atomic mass is 32.1. The van der Waals surface area contributed by atoms with Gasteiger partial charge in [0.05, 0.1) is 12.0 Å². The Morgan fingerprint density at radius 1 is 1.20 bits per heavy atom. The molecule has 3 amide bonds. The lowest BCUT2D eigenvalue weighted by Crippen LogP contribution is -2.06. The molecule has 0 saturated carbocycles. The van der Waals surface area contributed by atoms with Gasteiger partial charge in [-0.1, -0.05) is 12.1 Å². The van der Waals surface area contributed by atoms with Crippen molar-refractivity contribution < 1.29 is 24.6 Å². The molecule has 30 heavy (non-hydrogen) atoms. The zero-order chi connectivity index (χ0) is 22.5. The zero-order valence-electron chi connectivity index (χ0n) is 16.5. The standard InChI is InChI=1S/C17H21N5O3S.CH3NO2/c1-11(23)21-16-22-14(15(26-16)9-18-2)8-5-12-3-6-13(7-4-12)19-10-20-17(24)25;2-1(3)4/h3-4,6-7,10,18H,5,8-9H2,1-2H3,(H,19,20)(H,24,25)(H,21,22,23);2H2,(H,3,4). The molecule has 7 N–H and O–H groups in total. The number of hydrogen-bond donors (Lipinski definition) is 6. The highest BCUT2D eigenvalue weighted by Crippen LogP contribution is 2.24. The van der Waals surface area contributed by atoms with E-state index in [2.05, 4.69) is 31.7 Å². The Kier molecular flexibility index (Phi) is 10.5. The van der Waals surface area contributed by atoms with Crippen molar-refractivity contribution in [3.05, 3.63) is 40.4 Å². The first-order chi connectivity index (χ1) is 14.2. The third-order valence-corrected chi connectivity index (χ3v) is 4.42. The fraction of sp³-hybridized carbons (Fsp3) is 0.278. The van der Waals surface area contributed by atoms with E-state index in [1.54, 1.807) is 0 Å². The number of carbonyl (C=O) groups excluding carboxylic acids is 1. The second-order valence-electron chi connectivity index (χ2n) is 5.82. The van der Waals surface area contributed by atoms with Crippen LogP contribution in [0.3, 0.4) is 0 Å². The van der Waals surface area contributed by atoms with Crippen molar-refractivity contribution >= 4 is 46.6 Å². The summed E-state index contributed by atoms with van der Waals surface area (Å²) in [6, 6.07) is 7.66. The van der Waals surface area contributed by atoms with Crippen LogP contribution >= 0.6 is 11.3 Å². The number of benzene rings is 1. The number of nitrogens with two attached hydrogens (primary N) is 1. The minimum absolute atomic E-state index is 0.129. The van der Waals surface area contributed by atoms with Crippen LogP contribution in [0.4, 0.5) is 20.4 Å². The number of aromatic nitrogens is 1. The van der Waals surface area contributed by atoms with Gasteiger partial charge in [-0.05, 0) is 37.6 Å². The van der Waals surface area contributed by atoms with E-state index in [0.29, 0.717) is 11.7 Å². The summed E-state index contributed by atoms with van der Waals surface area (Å²) in [6.07, 6.45) is 0.137. The van der Waals surface area contributed by atoms with Gasteiger partial charge in [0.2, 0.25) is 5.91 Å². The minimum Gasteiger partial charge on any atom is -0.465 e. The van der Waals surface area contributed by atoms with Crippen LogP contribution in [0.2, 0.25) is 0 Å². The quantitative estimate of drug-likeness (QED) is 0.269. The molecular formula is C18H24N6O5S. The number of hydrogen-bond acceptors (Lipinski definition) is 6. The predicted octanol–water partition coefficient (Wildman–Crippen LogP) is 2.35. The lowest BCUT2D eigenvalue weighted by atomic mass is 10.1. The summed E-state index contributed by atoms with van der Waals surface area (Å²) in [7, 11) is 1.88. The second kappa shape index (κ2) is 12.9. The number of thiazole rings is 1. The first kappa shape index (κ1) is 24.5. The van der Waals surface area contributed by atoms with Crippen molar-refractivity contribution in [2.75, 3.05) is 17.7 Å². The molecule has 0 spiro atoms. The summed E-state index contributed by atoms with van der Waals surface area (Å²) in [5.41, 5.74) is 6.90. The lowest BCUT2D eigenvalue weighted by molar-refractivity contribution is -0.114. The molecule has 0 unspecified atom stereocenters. The normalized spacial score (nSPS) is 10.2. The van der Waals surface area contributed by atoms with E-state index in [1.807, 2.05) is 31.3 Å². The van der Waals surface area contributed by atoms with Gasteiger partial charge in [-0.3, -0.25) is 4.79 Å². The number of nitrogens with zero attached hydrogens (tertiary/aromatic N) is 2. The zero-order valence-corrected chi connectivity index (χ0v) is 17.3. The van der Waals surface area contributed by atoms with E-state index in [1.165, 1.54) is 18.3 Å². The smallest absolute Gasteiger partial charge is 0.432 e. The Morgan fingerprint density at radius 3 is 2.37 bits per heavy atom. The average molecular weight is 436 g/mol. The van der Waals surface area contributed by atoms with E-state index < -0.39 is 12.2 Å². The molecule has 0 radical (unpaired) electrons. The van der Waals surface area contributed by atoms with E-state index >= 15 is 0 Å². The van der Waals surface area contributed by atoms with Gasteiger partial charge in [0.1, 0.15) is 0 Å². The van der Waals surface area contributed by atoms with Crippen LogP contribution < -0.4 is 21.7 Å². The largest absolute Gasteiger partial charge is 0.465 e. The topological polar surface area (TPSA) is 179 Å². The summed E-state index contributed by atoms with van der Waals surface area (Å²) in [5.74, 6) is -0.129. The Bertz CT molecular complexity index is 878. The Labute approximate surface area is 177 Å². The Balaban J connectivity index is 0.00000103. The molecule has 1 aromatic carbocycles. The fourth-order valence-corrected chi connectivity index (χ4v) is 3.34. The number of aryl methyl sites for hydroxylation is 2. The van der Waals surface area contributed by atoms with E-state index in [-0.39, 0.29) is 5.91 Å². The molecule has 2 rings (SSSR count). The maximum atomic E-state index is 11.2. The SMILES string of the molecule is CNCc1sc(NC(C)=O)nc1CCc1ccc(NC=NC(=O)O)cc1.NC(=O)O. The van der Waals surface area contributed by atoms with Crippen LogP contribution in [0.1, 0.15) is 23.1 Å². The van der Waals surface area contributed by atoms with Crippen LogP contribution in [0.25, 0.3) is 0 Å². The maximum absolute atomic E-state index is 11.2. The molecule has 0 aliphatic rings. The summed E-state index contributed by atoms with van der Waals surface area (Å²) >= 11 is 1.48. The molecule has 2 aromatic rings. The van der Waals surface area contributed by atoms with Gasteiger partial charge in [-0.25, -0.2) is 14.6 Å². The van der Waals surface area contributed by atoms with Crippen molar-refractivity contribution in [2.24, 2.45) is 10.7 Å². The van der Waals surface area contributed by atoms with E-state index in [9.17, 15) is 9.59 Å². The van der Waals surface area contributed by atoms with Crippen molar-refractivity contribution in [1.29, 1.82) is 0 Å². The number of carboxylic acid groups (broad SMARTS) is 2. The number of primary amides is 1. The predicted molar refractivity (Wildman–Crippen MR) is 115 cm³/mol. The van der Waals surface area contributed by atoms with Crippen molar-refractivity contribution in [3.63, 3.8) is 0 Å². The number of rotatable bonds is 8. The van der Waals surface area contributed by atoms with Crippen LogP contribution in [0.5, 0.6) is 0 Å². The Morgan fingerprint density at radius 2 is 1.83 bits per heavy atom. The molecule has 162 valence electrons. The molecule has 0 atom stereocenters. The molecule has 0 aliphatic carbocycles. The molecule has 0 fully saturated rings. The van der Waals surface area contributed by atoms with Crippen molar-refractivity contribution in [3.8, 4) is 0 Å². The van der Waals surface area contributed by atoms with Gasteiger partial charge in [0, 0.05) is 24.0 Å². The molecule has 1 aromatic heterocycles. The highest BCUT2D eigenvalue weighted by molar-refractivity contribution is 7.15. The first-order valence-corrected chi connectivity index (χ1v) is 9.53. The van der Waals surface area contributed by atoms with Crippen LogP contribution in [0, 0.1) is 0 Å². The molecule has 0 bridgehead atoms. The molecule has 11 nitrogen and oxygen atoms in total. The van der Waals surface area contributed by atoms with Crippen molar-refractivity contribution in [1.82, 2.24) is 10.3 Å². The van der Waals surface area contributed by atoms with Gasteiger partial charge in [0.25, 0.3) is 0 Å². The highest BCUT2D eigenvalue weighted by Gasteiger charge is 2.11. The van der Waals surface area contributed by atoms with Gasteiger partial charge in [-0.2, -0.15) is 4.99 Å². The fourth-order valence-electron chi connectivity index (χ4n) is 2.27. The molecular weight excluding hydrogens is 412 g/mol. The molecule has 1 heterocycles. The summed E-state index contributed by atoms with van der Waals surface area (Å²) in [5, 5.41) is 24.9. The van der Waals surface area contributed by atoms with Crippen LogP contribution in [0.15, 0.2) is 29.3 Å². The number of amides is 3. The maximum Gasteiger partial charge on any atom is 0.432 e. The summed E-state index contributed by atoms with van der Waals surface area (Å²) in [4.78, 5) is 39.1. The molecule has 0 saturated heterocycles. The van der Waals surface area contributed by atoms with E-state index in [4.69, 9.17) is 15.0 Å². The number of nitrogens with one attached hydrogen (secondary N) is 3. The summed E-state index contributed by atoms with van der Waals surface area (Å²) in [6.45, 7) is 2.17. The van der Waals surface area contributed by atoms with Crippen LogP contribution in [-0.2, 0) is 24.2 Å². The third kappa shape index (κ3) is 10.1. The van der Waals surface area contributed by atoms with Gasteiger partial charge >= 0.3 is 12.2 Å². The van der Waals surface area contributed by atoms with E-state index in [0.717, 1.165) is 41.0 Å². The number of aliphatic imine (C=N–C) groups is 1. The van der Waals surface area contributed by atoms with Crippen LogP contribution in [-0.4, -0.2) is 46.7 Å². The Hall–Kier alpha value is -3.51. The van der Waals surface area contributed by atoms with Gasteiger partial charge in [-0.15, -0.1) is 11.3 Å². The van der Waals surface area contributed by atoms with Crippen molar-refractivity contribution in [2.45, 2.75) is 26.3 Å². The lowest BCUT2D eigenvalue weighted by Gasteiger charge is -2.04. The monoisotopic (exact) mass is 436 g/mol. The molecule has 12 heteroatoms. The average Bonchev–Trinajstić information content (AvgIpc) is 3.01.